The molecule has 2 atom stereocenters. The van der Waals surface area contributed by atoms with Gasteiger partial charge in [0.15, 0.2) is 0 Å². The van der Waals surface area contributed by atoms with Crippen molar-refractivity contribution in [2.45, 2.75) is 38.5 Å². The minimum absolute atomic E-state index is 0.0303. The number of nitrogens with zero attached hydrogens (tertiary/aromatic N) is 2. The fourth-order valence-electron chi connectivity index (χ4n) is 3.40. The number of hydrogen-bond donors (Lipinski definition) is 1. The maximum atomic E-state index is 12.4. The lowest BCUT2D eigenvalue weighted by Crippen LogP contribution is -2.56. The van der Waals surface area contributed by atoms with E-state index in [1.165, 1.54) is 0 Å². The van der Waals surface area contributed by atoms with Crippen LogP contribution in [0.15, 0.2) is 30.3 Å². The Bertz CT molecular complexity index is 579. The molecule has 6 heteroatoms. The van der Waals surface area contributed by atoms with Gasteiger partial charge in [0.25, 0.3) is 5.91 Å². The summed E-state index contributed by atoms with van der Waals surface area (Å²) in [6.07, 6.45) is 1.55. The van der Waals surface area contributed by atoms with E-state index in [0.29, 0.717) is 26.2 Å². The third kappa shape index (κ3) is 4.58. The molecule has 2 amide bonds. The Morgan fingerprint density at radius 1 is 1.20 bits per heavy atom. The maximum Gasteiger partial charge on any atom is 0.251 e. The first kappa shape index (κ1) is 17.9. The van der Waals surface area contributed by atoms with E-state index in [1.807, 2.05) is 42.2 Å². The lowest BCUT2D eigenvalue weighted by atomic mass is 10.1. The topological polar surface area (TPSA) is 61.9 Å². The van der Waals surface area contributed by atoms with Crippen LogP contribution < -0.4 is 5.32 Å². The zero-order valence-electron chi connectivity index (χ0n) is 14.8. The summed E-state index contributed by atoms with van der Waals surface area (Å²) >= 11 is 0. The minimum atomic E-state index is -0.252. The summed E-state index contributed by atoms with van der Waals surface area (Å²) in [5.41, 5.74) is 1.09. The van der Waals surface area contributed by atoms with Crippen LogP contribution in [0.3, 0.4) is 0 Å². The highest BCUT2D eigenvalue weighted by Crippen LogP contribution is 2.16. The number of rotatable bonds is 5. The molecule has 0 saturated carbocycles. The monoisotopic (exact) mass is 345 g/mol. The van der Waals surface area contributed by atoms with Crippen molar-refractivity contribution in [3.05, 3.63) is 35.9 Å². The fraction of sp³-hybridized carbons (Fsp3) is 0.579. The second-order valence-corrected chi connectivity index (χ2v) is 6.74. The summed E-state index contributed by atoms with van der Waals surface area (Å²) in [5.74, 6) is 0.140. The summed E-state index contributed by atoms with van der Waals surface area (Å²) in [6, 6.07) is 9.71. The van der Waals surface area contributed by atoms with E-state index < -0.39 is 0 Å². The third-order valence-electron chi connectivity index (χ3n) is 5.07. The molecule has 2 fully saturated rings. The SMILES string of the molecule is C[C@H](C(=O)NCc1ccccc1)N1CCN(C(=O)[C@H]2CCCO2)CC1. The van der Waals surface area contributed by atoms with Crippen molar-refractivity contribution >= 4 is 11.8 Å². The van der Waals surface area contributed by atoms with Crippen LogP contribution in [0.25, 0.3) is 0 Å². The molecule has 0 unspecified atom stereocenters. The first-order valence-electron chi connectivity index (χ1n) is 9.11. The number of hydrogen-bond acceptors (Lipinski definition) is 4. The average Bonchev–Trinajstić information content (AvgIpc) is 3.20. The molecule has 0 aliphatic carbocycles. The number of amides is 2. The van der Waals surface area contributed by atoms with Crippen molar-refractivity contribution in [1.29, 1.82) is 0 Å². The summed E-state index contributed by atoms with van der Waals surface area (Å²) < 4.78 is 5.49. The van der Waals surface area contributed by atoms with Crippen molar-refractivity contribution in [3.8, 4) is 0 Å². The van der Waals surface area contributed by atoms with Crippen molar-refractivity contribution in [1.82, 2.24) is 15.1 Å². The summed E-state index contributed by atoms with van der Waals surface area (Å²) in [7, 11) is 0. The van der Waals surface area contributed by atoms with Crippen LogP contribution >= 0.6 is 0 Å². The van der Waals surface area contributed by atoms with E-state index in [4.69, 9.17) is 4.74 Å². The highest BCUT2D eigenvalue weighted by molar-refractivity contribution is 5.82. The highest BCUT2D eigenvalue weighted by atomic mass is 16.5. The Balaban J connectivity index is 1.43. The van der Waals surface area contributed by atoms with Gasteiger partial charge in [0.2, 0.25) is 5.91 Å². The molecule has 136 valence electrons. The zero-order valence-corrected chi connectivity index (χ0v) is 14.8. The molecule has 2 aliphatic heterocycles. The molecule has 1 aromatic rings. The molecule has 3 rings (SSSR count). The highest BCUT2D eigenvalue weighted by Gasteiger charge is 2.32. The number of nitrogens with one attached hydrogen (secondary N) is 1. The van der Waals surface area contributed by atoms with E-state index >= 15 is 0 Å². The second-order valence-electron chi connectivity index (χ2n) is 6.74. The van der Waals surface area contributed by atoms with Gasteiger partial charge in [-0.1, -0.05) is 30.3 Å². The smallest absolute Gasteiger partial charge is 0.251 e. The predicted molar refractivity (Wildman–Crippen MR) is 94.9 cm³/mol. The largest absolute Gasteiger partial charge is 0.368 e. The molecule has 2 aliphatic rings. The number of benzene rings is 1. The molecular formula is C19H27N3O3. The zero-order chi connectivity index (χ0) is 17.6. The lowest BCUT2D eigenvalue weighted by Gasteiger charge is -2.38. The van der Waals surface area contributed by atoms with Gasteiger partial charge in [-0.15, -0.1) is 0 Å². The minimum Gasteiger partial charge on any atom is -0.368 e. The Morgan fingerprint density at radius 2 is 1.92 bits per heavy atom. The molecule has 2 saturated heterocycles. The number of ether oxygens (including phenoxy) is 1. The van der Waals surface area contributed by atoms with Crippen LogP contribution in [0.5, 0.6) is 0 Å². The van der Waals surface area contributed by atoms with Crippen LogP contribution in [0.2, 0.25) is 0 Å². The number of piperazine rings is 1. The van der Waals surface area contributed by atoms with Crippen LogP contribution in [0, 0.1) is 0 Å². The molecule has 0 aromatic heterocycles. The van der Waals surface area contributed by atoms with Gasteiger partial charge in [-0.3, -0.25) is 14.5 Å². The molecule has 1 N–H and O–H groups in total. The van der Waals surface area contributed by atoms with Gasteiger partial charge < -0.3 is 15.0 Å². The quantitative estimate of drug-likeness (QED) is 0.865. The Kier molecular flexibility index (Phi) is 6.04. The molecule has 1 aromatic carbocycles. The van der Waals surface area contributed by atoms with E-state index in [1.54, 1.807) is 0 Å². The fourth-order valence-corrected chi connectivity index (χ4v) is 3.40. The summed E-state index contributed by atoms with van der Waals surface area (Å²) in [6.45, 7) is 5.93. The molecule has 0 spiro atoms. The lowest BCUT2D eigenvalue weighted by molar-refractivity contribution is -0.143. The van der Waals surface area contributed by atoms with E-state index in [2.05, 4.69) is 10.2 Å². The van der Waals surface area contributed by atoms with Gasteiger partial charge in [0.05, 0.1) is 6.04 Å². The van der Waals surface area contributed by atoms with E-state index in [9.17, 15) is 9.59 Å². The molecule has 2 heterocycles. The molecular weight excluding hydrogens is 318 g/mol. The normalized spacial score (nSPS) is 22.6. The first-order valence-corrected chi connectivity index (χ1v) is 9.11. The van der Waals surface area contributed by atoms with Gasteiger partial charge in [-0.2, -0.15) is 0 Å². The van der Waals surface area contributed by atoms with Crippen LogP contribution in [0.1, 0.15) is 25.3 Å². The maximum absolute atomic E-state index is 12.4. The third-order valence-corrected chi connectivity index (χ3v) is 5.07. The molecule has 6 nitrogen and oxygen atoms in total. The summed E-state index contributed by atoms with van der Waals surface area (Å²) in [4.78, 5) is 28.8. The van der Waals surface area contributed by atoms with Gasteiger partial charge in [-0.05, 0) is 25.3 Å². The van der Waals surface area contributed by atoms with Crippen LogP contribution in [0.4, 0.5) is 0 Å². The van der Waals surface area contributed by atoms with Gasteiger partial charge in [0.1, 0.15) is 6.10 Å². The Hall–Kier alpha value is -1.92. The number of carbonyl (C=O) groups excluding carboxylic acids is 2. The van der Waals surface area contributed by atoms with Crippen molar-refractivity contribution in [2.75, 3.05) is 32.8 Å². The van der Waals surface area contributed by atoms with Crippen LogP contribution in [-0.4, -0.2) is 66.5 Å². The Labute approximate surface area is 149 Å². The van der Waals surface area contributed by atoms with E-state index in [0.717, 1.165) is 31.5 Å². The van der Waals surface area contributed by atoms with Gasteiger partial charge >= 0.3 is 0 Å². The number of carbonyl (C=O) groups is 2. The van der Waals surface area contributed by atoms with Crippen molar-refractivity contribution in [3.63, 3.8) is 0 Å². The molecule has 0 bridgehead atoms. The summed E-state index contributed by atoms with van der Waals surface area (Å²) in [5, 5.41) is 2.99. The molecule has 25 heavy (non-hydrogen) atoms. The standard InChI is InChI=1S/C19H27N3O3/c1-15(18(23)20-14-16-6-3-2-4-7-16)21-9-11-22(12-10-21)19(24)17-8-5-13-25-17/h2-4,6-7,15,17H,5,8-14H2,1H3,(H,20,23)/t15-,17-/m1/s1. The van der Waals surface area contributed by atoms with Gasteiger partial charge in [-0.25, -0.2) is 0 Å². The van der Waals surface area contributed by atoms with Gasteiger partial charge in [0, 0.05) is 39.3 Å². The Morgan fingerprint density at radius 3 is 2.56 bits per heavy atom. The second kappa shape index (κ2) is 8.45. The first-order chi connectivity index (χ1) is 12.1. The molecule has 0 radical (unpaired) electrons. The van der Waals surface area contributed by atoms with Crippen molar-refractivity contribution in [2.24, 2.45) is 0 Å². The van der Waals surface area contributed by atoms with E-state index in [-0.39, 0.29) is 24.0 Å². The average molecular weight is 345 g/mol. The van der Waals surface area contributed by atoms with Crippen LogP contribution in [-0.2, 0) is 20.9 Å². The van der Waals surface area contributed by atoms with Crippen molar-refractivity contribution < 1.29 is 14.3 Å². The predicted octanol–water partition coefficient (Wildman–Crippen LogP) is 1.01.